The summed E-state index contributed by atoms with van der Waals surface area (Å²) in [6.45, 7) is 1.82. The van der Waals surface area contributed by atoms with Gasteiger partial charge in [0.1, 0.15) is 6.54 Å². The fraction of sp³-hybridized carbons (Fsp3) is 0.167. The van der Waals surface area contributed by atoms with Crippen molar-refractivity contribution in [1.82, 2.24) is 9.78 Å². The Kier molecular flexibility index (Phi) is 3.97. The number of hydrogen-bond donors (Lipinski definition) is 2. The van der Waals surface area contributed by atoms with Crippen LogP contribution in [0.25, 0.3) is 0 Å². The molecule has 0 aliphatic rings. The largest absolute Gasteiger partial charge is 0.397 e. The van der Waals surface area contributed by atoms with Gasteiger partial charge in [-0.1, -0.05) is 23.2 Å². The number of carbonyl (C=O) groups excluding carboxylic acids is 1. The van der Waals surface area contributed by atoms with Gasteiger partial charge in [0.25, 0.3) is 0 Å². The summed E-state index contributed by atoms with van der Waals surface area (Å²) in [6, 6.07) is 4.88. The van der Waals surface area contributed by atoms with Gasteiger partial charge >= 0.3 is 0 Å². The van der Waals surface area contributed by atoms with Crippen molar-refractivity contribution in [3.63, 3.8) is 0 Å². The molecule has 19 heavy (non-hydrogen) atoms. The molecule has 0 aliphatic heterocycles. The first-order valence-electron chi connectivity index (χ1n) is 5.50. The topological polar surface area (TPSA) is 72.9 Å². The molecule has 0 saturated heterocycles. The molecule has 0 saturated carbocycles. The normalized spacial score (nSPS) is 10.5. The summed E-state index contributed by atoms with van der Waals surface area (Å²) in [6.07, 6.45) is 1.60. The van der Waals surface area contributed by atoms with E-state index in [1.165, 1.54) is 4.68 Å². The van der Waals surface area contributed by atoms with Gasteiger partial charge in [-0.25, -0.2) is 0 Å². The van der Waals surface area contributed by atoms with Crippen LogP contribution < -0.4 is 11.1 Å². The Balaban J connectivity index is 2.07. The van der Waals surface area contributed by atoms with Gasteiger partial charge in [0, 0.05) is 11.2 Å². The van der Waals surface area contributed by atoms with Crippen LogP contribution in [0.4, 0.5) is 11.4 Å². The molecular formula is C12H12Cl2N4O. The molecule has 1 aromatic heterocycles. The molecule has 0 aliphatic carbocycles. The predicted octanol–water partition coefficient (Wildman–Crippen LogP) is 2.72. The number of amides is 1. The third-order valence-electron chi connectivity index (χ3n) is 2.48. The standard InChI is InChI=1S/C12H12Cl2N4O/c1-7-9(14)5-18(17-7)6-12(19)16-11-4-8(13)2-3-10(11)15/h2-5H,6,15H2,1H3,(H,16,19). The van der Waals surface area contributed by atoms with E-state index in [1.807, 2.05) is 0 Å². The van der Waals surface area contributed by atoms with Crippen LogP contribution in [0.5, 0.6) is 0 Å². The molecule has 0 bridgehead atoms. The number of nitrogens with one attached hydrogen (secondary N) is 1. The van der Waals surface area contributed by atoms with E-state index < -0.39 is 0 Å². The molecule has 0 unspecified atom stereocenters. The van der Waals surface area contributed by atoms with Crippen LogP contribution in [0.15, 0.2) is 24.4 Å². The summed E-state index contributed by atoms with van der Waals surface area (Å²) in [4.78, 5) is 11.9. The molecule has 1 aromatic carbocycles. The van der Waals surface area contributed by atoms with Crippen LogP contribution in [-0.2, 0) is 11.3 Å². The number of aryl methyl sites for hydroxylation is 1. The number of hydrogen-bond acceptors (Lipinski definition) is 3. The van der Waals surface area contributed by atoms with Crippen molar-refractivity contribution in [2.75, 3.05) is 11.1 Å². The van der Waals surface area contributed by atoms with Crippen molar-refractivity contribution < 1.29 is 4.79 Å². The van der Waals surface area contributed by atoms with E-state index in [-0.39, 0.29) is 12.5 Å². The maximum absolute atomic E-state index is 11.9. The highest BCUT2D eigenvalue weighted by molar-refractivity contribution is 6.31. The van der Waals surface area contributed by atoms with Crippen molar-refractivity contribution in [3.05, 3.63) is 40.1 Å². The summed E-state index contributed by atoms with van der Waals surface area (Å²) in [5.41, 5.74) is 7.35. The minimum Gasteiger partial charge on any atom is -0.397 e. The molecule has 0 radical (unpaired) electrons. The SMILES string of the molecule is Cc1nn(CC(=O)Nc2cc(Cl)ccc2N)cc1Cl. The number of benzene rings is 1. The van der Waals surface area contributed by atoms with Crippen LogP contribution in [0, 0.1) is 6.92 Å². The van der Waals surface area contributed by atoms with Crippen LogP contribution in [0.2, 0.25) is 10.0 Å². The zero-order valence-electron chi connectivity index (χ0n) is 10.2. The Bertz CT molecular complexity index is 605. The maximum atomic E-state index is 11.9. The second-order valence-electron chi connectivity index (χ2n) is 4.04. The lowest BCUT2D eigenvalue weighted by atomic mass is 10.2. The molecule has 100 valence electrons. The number of carbonyl (C=O) groups is 1. The second kappa shape index (κ2) is 5.50. The zero-order valence-corrected chi connectivity index (χ0v) is 11.7. The van der Waals surface area contributed by atoms with E-state index in [0.717, 1.165) is 0 Å². The van der Waals surface area contributed by atoms with Gasteiger partial charge in [0.05, 0.1) is 22.1 Å². The number of nitrogen functional groups attached to an aromatic ring is 1. The van der Waals surface area contributed by atoms with Crippen LogP contribution in [-0.4, -0.2) is 15.7 Å². The summed E-state index contributed by atoms with van der Waals surface area (Å²) < 4.78 is 1.47. The monoisotopic (exact) mass is 298 g/mol. The maximum Gasteiger partial charge on any atom is 0.246 e. The summed E-state index contributed by atoms with van der Waals surface area (Å²) in [5, 5.41) is 7.80. The molecule has 0 fully saturated rings. The van der Waals surface area contributed by atoms with Crippen LogP contribution in [0.3, 0.4) is 0 Å². The van der Waals surface area contributed by atoms with E-state index in [4.69, 9.17) is 28.9 Å². The quantitative estimate of drug-likeness (QED) is 0.856. The smallest absolute Gasteiger partial charge is 0.246 e. The van der Waals surface area contributed by atoms with Crippen molar-refractivity contribution in [2.45, 2.75) is 13.5 Å². The second-order valence-corrected chi connectivity index (χ2v) is 4.88. The van der Waals surface area contributed by atoms with Crippen molar-refractivity contribution >= 4 is 40.5 Å². The first-order chi connectivity index (χ1) is 8.95. The zero-order chi connectivity index (χ0) is 14.0. The molecule has 2 aromatic rings. The Labute approximate surface area is 120 Å². The lowest BCUT2D eigenvalue weighted by Crippen LogP contribution is -2.19. The number of nitrogens with zero attached hydrogens (tertiary/aromatic N) is 2. The lowest BCUT2D eigenvalue weighted by Gasteiger charge is -2.08. The lowest BCUT2D eigenvalue weighted by molar-refractivity contribution is -0.116. The minimum absolute atomic E-state index is 0.0551. The number of rotatable bonds is 3. The highest BCUT2D eigenvalue weighted by Gasteiger charge is 2.09. The number of aromatic nitrogens is 2. The third-order valence-corrected chi connectivity index (χ3v) is 3.09. The first-order valence-corrected chi connectivity index (χ1v) is 6.25. The van der Waals surface area contributed by atoms with Gasteiger partial charge < -0.3 is 11.1 Å². The Morgan fingerprint density at radius 3 is 2.84 bits per heavy atom. The molecule has 7 heteroatoms. The van der Waals surface area contributed by atoms with E-state index in [1.54, 1.807) is 31.3 Å². The summed E-state index contributed by atoms with van der Waals surface area (Å²) in [7, 11) is 0. The van der Waals surface area contributed by atoms with Gasteiger partial charge in [-0.2, -0.15) is 5.10 Å². The van der Waals surface area contributed by atoms with E-state index in [0.29, 0.717) is 27.1 Å². The number of nitrogens with two attached hydrogens (primary N) is 1. The van der Waals surface area contributed by atoms with E-state index in [9.17, 15) is 4.79 Å². The molecule has 2 rings (SSSR count). The number of halogens is 2. The van der Waals surface area contributed by atoms with Crippen LogP contribution >= 0.6 is 23.2 Å². The van der Waals surface area contributed by atoms with E-state index >= 15 is 0 Å². The third kappa shape index (κ3) is 3.39. The van der Waals surface area contributed by atoms with Crippen molar-refractivity contribution in [2.24, 2.45) is 0 Å². The average Bonchev–Trinajstić information content (AvgIpc) is 2.63. The van der Waals surface area contributed by atoms with Gasteiger partial charge in [0.15, 0.2) is 0 Å². The fourth-order valence-corrected chi connectivity index (χ4v) is 1.87. The fourth-order valence-electron chi connectivity index (χ4n) is 1.55. The Morgan fingerprint density at radius 2 is 2.21 bits per heavy atom. The highest BCUT2D eigenvalue weighted by atomic mass is 35.5. The summed E-state index contributed by atoms with van der Waals surface area (Å²) in [5.74, 6) is -0.256. The molecule has 5 nitrogen and oxygen atoms in total. The van der Waals surface area contributed by atoms with Crippen LogP contribution in [0.1, 0.15) is 5.69 Å². The number of anilines is 2. The molecule has 0 atom stereocenters. The summed E-state index contributed by atoms with van der Waals surface area (Å²) >= 11 is 11.7. The van der Waals surface area contributed by atoms with Gasteiger partial charge in [-0.05, 0) is 25.1 Å². The first kappa shape index (κ1) is 13.7. The molecule has 1 heterocycles. The Morgan fingerprint density at radius 1 is 1.47 bits per heavy atom. The molecule has 1 amide bonds. The molecule has 0 spiro atoms. The minimum atomic E-state index is -0.256. The van der Waals surface area contributed by atoms with Crippen molar-refractivity contribution in [1.29, 1.82) is 0 Å². The van der Waals surface area contributed by atoms with Gasteiger partial charge in [-0.3, -0.25) is 9.48 Å². The average molecular weight is 299 g/mol. The predicted molar refractivity (Wildman–Crippen MR) is 76.5 cm³/mol. The highest BCUT2D eigenvalue weighted by Crippen LogP contribution is 2.22. The van der Waals surface area contributed by atoms with E-state index in [2.05, 4.69) is 10.4 Å². The van der Waals surface area contributed by atoms with Gasteiger partial charge in [0.2, 0.25) is 5.91 Å². The molecule has 3 N–H and O–H groups in total. The van der Waals surface area contributed by atoms with Crippen molar-refractivity contribution in [3.8, 4) is 0 Å². The molecular weight excluding hydrogens is 287 g/mol. The Hall–Kier alpha value is -1.72. The van der Waals surface area contributed by atoms with Gasteiger partial charge in [-0.15, -0.1) is 0 Å².